The van der Waals surface area contributed by atoms with Crippen LogP contribution in [0.5, 0.6) is 0 Å². The Morgan fingerprint density at radius 3 is 2.32 bits per heavy atom. The van der Waals surface area contributed by atoms with Crippen molar-refractivity contribution >= 4 is 17.6 Å². The third-order valence-corrected chi connectivity index (χ3v) is 7.52. The summed E-state index contributed by atoms with van der Waals surface area (Å²) in [5.41, 5.74) is 7.26. The van der Waals surface area contributed by atoms with Gasteiger partial charge in [-0.3, -0.25) is 9.69 Å². The number of nitrogens with zero attached hydrogens (tertiary/aromatic N) is 5. The zero-order chi connectivity index (χ0) is 25.9. The maximum Gasteiger partial charge on any atom is 0.297 e. The Hall–Kier alpha value is -3.76. The lowest BCUT2D eigenvalue weighted by atomic mass is 9.98. The van der Waals surface area contributed by atoms with Crippen LogP contribution in [0.25, 0.3) is 0 Å². The van der Waals surface area contributed by atoms with Crippen LogP contribution in [0.2, 0.25) is 0 Å². The molecule has 0 bridgehead atoms. The number of carbonyl (C=O) groups excluding carboxylic acids is 1. The lowest BCUT2D eigenvalue weighted by molar-refractivity contribution is 0.0744. The fourth-order valence-corrected chi connectivity index (χ4v) is 5.32. The highest BCUT2D eigenvalue weighted by Gasteiger charge is 2.26. The van der Waals surface area contributed by atoms with Gasteiger partial charge in [0.15, 0.2) is 0 Å². The van der Waals surface area contributed by atoms with Crippen molar-refractivity contribution in [1.29, 1.82) is 0 Å². The molecule has 0 radical (unpaired) electrons. The molecule has 192 valence electrons. The highest BCUT2D eigenvalue weighted by Crippen LogP contribution is 2.24. The number of terminal acetylenes is 1. The number of hydrogen-bond donors (Lipinski definition) is 0. The Morgan fingerprint density at radius 2 is 1.65 bits per heavy atom. The van der Waals surface area contributed by atoms with Crippen LogP contribution in [0, 0.1) is 33.1 Å². The zero-order valence-corrected chi connectivity index (χ0v) is 22.0. The van der Waals surface area contributed by atoms with Crippen molar-refractivity contribution in [2.75, 3.05) is 62.2 Å². The minimum Gasteiger partial charge on any atom is -0.432 e. The summed E-state index contributed by atoms with van der Waals surface area (Å²) in [6.07, 6.45) is 7.38. The molecule has 2 aliphatic heterocycles. The van der Waals surface area contributed by atoms with E-state index < -0.39 is 0 Å². The Balaban J connectivity index is 1.22. The van der Waals surface area contributed by atoms with Crippen LogP contribution in [0.4, 0.5) is 11.7 Å². The normalized spacial score (nSPS) is 16.6. The van der Waals surface area contributed by atoms with Gasteiger partial charge in [0.05, 0.1) is 11.4 Å². The molecule has 0 saturated carbocycles. The highest BCUT2D eigenvalue weighted by atomic mass is 16.4. The SMILES string of the molecule is C#Cc1ccccc1N1CCN(Cc2cc(C(=O)N3CCN(c4nc(C)co4)CC3)c(C)cc2C)CC1. The van der Waals surface area contributed by atoms with Crippen molar-refractivity contribution in [3.05, 3.63) is 76.2 Å². The molecule has 0 aliphatic carbocycles. The number of rotatable bonds is 5. The lowest BCUT2D eigenvalue weighted by Gasteiger charge is -2.37. The van der Waals surface area contributed by atoms with E-state index >= 15 is 0 Å². The average molecular weight is 498 g/mol. The van der Waals surface area contributed by atoms with Crippen LogP contribution < -0.4 is 9.80 Å². The number of para-hydroxylation sites is 1. The molecular weight excluding hydrogens is 462 g/mol. The predicted octanol–water partition coefficient (Wildman–Crippen LogP) is 3.87. The van der Waals surface area contributed by atoms with Gasteiger partial charge in [0.1, 0.15) is 6.26 Å². The molecule has 7 nitrogen and oxygen atoms in total. The van der Waals surface area contributed by atoms with Crippen molar-refractivity contribution in [3.63, 3.8) is 0 Å². The number of benzene rings is 2. The number of aryl methyl sites for hydroxylation is 3. The summed E-state index contributed by atoms with van der Waals surface area (Å²) in [5.74, 6) is 2.92. The van der Waals surface area contributed by atoms with Crippen molar-refractivity contribution < 1.29 is 9.21 Å². The summed E-state index contributed by atoms with van der Waals surface area (Å²) < 4.78 is 5.54. The predicted molar refractivity (Wildman–Crippen MR) is 147 cm³/mol. The van der Waals surface area contributed by atoms with Gasteiger partial charge >= 0.3 is 0 Å². The second kappa shape index (κ2) is 10.7. The summed E-state index contributed by atoms with van der Waals surface area (Å²) in [4.78, 5) is 26.8. The molecule has 3 aromatic rings. The van der Waals surface area contributed by atoms with Gasteiger partial charge in [-0.05, 0) is 55.7 Å². The first-order valence-electron chi connectivity index (χ1n) is 13.0. The Kier molecular flexibility index (Phi) is 7.20. The largest absolute Gasteiger partial charge is 0.432 e. The minimum atomic E-state index is 0.109. The summed E-state index contributed by atoms with van der Waals surface area (Å²) in [6.45, 7) is 13.5. The molecule has 2 fully saturated rings. The zero-order valence-electron chi connectivity index (χ0n) is 22.0. The monoisotopic (exact) mass is 497 g/mol. The molecule has 37 heavy (non-hydrogen) atoms. The Morgan fingerprint density at radius 1 is 0.946 bits per heavy atom. The van der Waals surface area contributed by atoms with Crippen molar-refractivity contribution in [2.45, 2.75) is 27.3 Å². The van der Waals surface area contributed by atoms with Crippen LogP contribution in [0.1, 0.15) is 38.3 Å². The second-order valence-corrected chi connectivity index (χ2v) is 10.1. The summed E-state index contributed by atoms with van der Waals surface area (Å²) in [6, 6.07) is 13.1. The number of piperazine rings is 2. The number of anilines is 2. The third-order valence-electron chi connectivity index (χ3n) is 7.52. The second-order valence-electron chi connectivity index (χ2n) is 10.1. The van der Waals surface area contributed by atoms with Crippen LogP contribution in [0.15, 0.2) is 47.1 Å². The number of carbonyl (C=O) groups is 1. The van der Waals surface area contributed by atoms with E-state index in [4.69, 9.17) is 10.8 Å². The maximum atomic E-state index is 13.5. The van der Waals surface area contributed by atoms with E-state index in [0.717, 1.165) is 73.9 Å². The Bertz CT molecular complexity index is 1310. The molecule has 5 rings (SSSR count). The average Bonchev–Trinajstić information content (AvgIpc) is 3.36. The topological polar surface area (TPSA) is 56.1 Å². The summed E-state index contributed by atoms with van der Waals surface area (Å²) in [7, 11) is 0. The van der Waals surface area contributed by atoms with Gasteiger partial charge in [-0.1, -0.05) is 24.1 Å². The van der Waals surface area contributed by atoms with E-state index in [-0.39, 0.29) is 5.91 Å². The van der Waals surface area contributed by atoms with Gasteiger partial charge in [0.25, 0.3) is 11.9 Å². The molecule has 1 amide bonds. The first kappa shape index (κ1) is 24.9. The molecule has 7 heteroatoms. The fraction of sp³-hybridized carbons (Fsp3) is 0.400. The van der Waals surface area contributed by atoms with Gasteiger partial charge in [-0.2, -0.15) is 4.98 Å². The molecule has 1 aromatic heterocycles. The molecule has 2 saturated heterocycles. The van der Waals surface area contributed by atoms with E-state index in [2.05, 4.69) is 50.7 Å². The molecule has 3 heterocycles. The molecule has 0 spiro atoms. The van der Waals surface area contributed by atoms with Gasteiger partial charge in [-0.15, -0.1) is 6.42 Å². The van der Waals surface area contributed by atoms with E-state index in [1.165, 1.54) is 11.1 Å². The minimum absolute atomic E-state index is 0.109. The molecule has 2 aromatic carbocycles. The Labute approximate surface area is 219 Å². The lowest BCUT2D eigenvalue weighted by Crippen LogP contribution is -2.49. The fourth-order valence-electron chi connectivity index (χ4n) is 5.32. The van der Waals surface area contributed by atoms with Gasteiger partial charge in [-0.25, -0.2) is 0 Å². The van der Waals surface area contributed by atoms with E-state index in [1.807, 2.05) is 36.9 Å². The van der Waals surface area contributed by atoms with Gasteiger partial charge < -0.3 is 19.1 Å². The van der Waals surface area contributed by atoms with Gasteiger partial charge in [0, 0.05) is 70.0 Å². The van der Waals surface area contributed by atoms with Crippen LogP contribution >= 0.6 is 0 Å². The summed E-state index contributed by atoms with van der Waals surface area (Å²) >= 11 is 0. The molecule has 0 unspecified atom stereocenters. The number of oxazole rings is 1. The first-order valence-corrected chi connectivity index (χ1v) is 13.0. The third kappa shape index (κ3) is 5.35. The van der Waals surface area contributed by atoms with Crippen molar-refractivity contribution in [2.24, 2.45) is 0 Å². The standard InChI is InChI=1S/C30H35N5O2/c1-5-25-8-6-7-9-28(25)33-12-10-32(11-13-33)20-26-19-27(23(3)18-22(26)2)29(36)34-14-16-35(17-15-34)30-31-24(4)21-37-30/h1,6-9,18-19,21H,10-17,20H2,2-4H3. The number of aromatic nitrogens is 1. The van der Waals surface area contributed by atoms with Crippen LogP contribution in [-0.4, -0.2) is 73.0 Å². The quantitative estimate of drug-likeness (QED) is 0.499. The van der Waals surface area contributed by atoms with Crippen LogP contribution in [-0.2, 0) is 6.54 Å². The van der Waals surface area contributed by atoms with Gasteiger partial charge in [0.2, 0.25) is 0 Å². The maximum absolute atomic E-state index is 13.5. The number of amides is 1. The van der Waals surface area contributed by atoms with E-state index in [9.17, 15) is 4.79 Å². The molecule has 2 aliphatic rings. The highest BCUT2D eigenvalue weighted by molar-refractivity contribution is 5.96. The van der Waals surface area contributed by atoms with Crippen molar-refractivity contribution in [1.82, 2.24) is 14.8 Å². The molecular formula is C30H35N5O2. The number of hydrogen-bond acceptors (Lipinski definition) is 6. The van der Waals surface area contributed by atoms with Crippen molar-refractivity contribution in [3.8, 4) is 12.3 Å². The van der Waals surface area contributed by atoms with Crippen LogP contribution in [0.3, 0.4) is 0 Å². The first-order chi connectivity index (χ1) is 17.9. The van der Waals surface area contributed by atoms with E-state index in [1.54, 1.807) is 6.26 Å². The molecule has 0 N–H and O–H groups in total. The van der Waals surface area contributed by atoms with E-state index in [0.29, 0.717) is 19.1 Å². The summed E-state index contributed by atoms with van der Waals surface area (Å²) in [5, 5.41) is 0. The molecule has 0 atom stereocenters. The smallest absolute Gasteiger partial charge is 0.297 e.